The minimum absolute atomic E-state index is 1.01. The Morgan fingerprint density at radius 2 is 0.807 bits per heavy atom. The van der Waals surface area contributed by atoms with Crippen LogP contribution < -0.4 is 0 Å². The van der Waals surface area contributed by atoms with Crippen molar-refractivity contribution in [3.8, 4) is 44.5 Å². The number of nitrogens with zero attached hydrogens (tertiary/aromatic N) is 1. The number of hydrogen-bond donors (Lipinski definition) is 0. The van der Waals surface area contributed by atoms with Crippen LogP contribution in [-0.2, 0) is 0 Å². The molecule has 12 rings (SSSR count). The van der Waals surface area contributed by atoms with Gasteiger partial charge < -0.3 is 0 Å². The number of benzene rings is 10. The van der Waals surface area contributed by atoms with Gasteiger partial charge in [-0.2, -0.15) is 0 Å². The maximum atomic E-state index is 4.72. The van der Waals surface area contributed by atoms with Gasteiger partial charge in [-0.1, -0.05) is 170 Å². The van der Waals surface area contributed by atoms with Gasteiger partial charge in [0.1, 0.15) is 0 Å². The second-order valence-electron chi connectivity index (χ2n) is 15.0. The number of hydrogen-bond acceptors (Lipinski definition) is 2. The molecule has 0 aliphatic heterocycles. The van der Waals surface area contributed by atoms with Crippen LogP contribution in [0.15, 0.2) is 200 Å². The molecule has 0 aliphatic carbocycles. The van der Waals surface area contributed by atoms with Crippen molar-refractivity contribution in [2.75, 3.05) is 0 Å². The standard InChI is InChI=1S/C55H33NS/c1-2-14-35(15-3-1)51-38-17-4-6-19-40(38)52(41-20-7-5-18-39(41)51)36-29-30-50-48(32-36)46-25-12-26-47(55(46)57-50)54-44-23-10-8-21-42(44)53(43-22-9-11-24-45(43)54)37-28-27-34-16-13-31-56-49(34)33-37/h1-33H. The van der Waals surface area contributed by atoms with Gasteiger partial charge in [0, 0.05) is 37.3 Å². The minimum Gasteiger partial charge on any atom is -0.256 e. The highest BCUT2D eigenvalue weighted by Gasteiger charge is 2.21. The first kappa shape index (κ1) is 32.1. The summed E-state index contributed by atoms with van der Waals surface area (Å²) in [5.41, 5.74) is 11.1. The lowest BCUT2D eigenvalue weighted by molar-refractivity contribution is 1.41. The molecule has 2 aromatic heterocycles. The Morgan fingerprint density at radius 1 is 0.316 bits per heavy atom. The third-order valence-electron chi connectivity index (χ3n) is 11.9. The van der Waals surface area contributed by atoms with Gasteiger partial charge in [0.2, 0.25) is 0 Å². The molecule has 0 spiro atoms. The molecule has 0 fully saturated rings. The second-order valence-corrected chi connectivity index (χ2v) is 16.0. The minimum atomic E-state index is 1.01. The highest BCUT2D eigenvalue weighted by atomic mass is 32.1. The summed E-state index contributed by atoms with van der Waals surface area (Å²) < 4.78 is 2.61. The zero-order chi connectivity index (χ0) is 37.5. The molecule has 0 atom stereocenters. The first-order valence-electron chi connectivity index (χ1n) is 19.5. The zero-order valence-corrected chi connectivity index (χ0v) is 31.7. The normalized spacial score (nSPS) is 11.9. The summed E-state index contributed by atoms with van der Waals surface area (Å²) in [7, 11) is 0. The van der Waals surface area contributed by atoms with Gasteiger partial charge in [0.25, 0.3) is 0 Å². The number of aromatic nitrogens is 1. The van der Waals surface area contributed by atoms with Crippen LogP contribution in [0.2, 0.25) is 0 Å². The predicted octanol–water partition coefficient (Wildman–Crippen LogP) is 15.9. The van der Waals surface area contributed by atoms with Crippen molar-refractivity contribution in [3.63, 3.8) is 0 Å². The summed E-state index contributed by atoms with van der Waals surface area (Å²) >= 11 is 1.90. The molecule has 10 aromatic carbocycles. The van der Waals surface area contributed by atoms with Gasteiger partial charge >= 0.3 is 0 Å². The van der Waals surface area contributed by atoms with Crippen LogP contribution >= 0.6 is 11.3 Å². The van der Waals surface area contributed by atoms with E-state index in [-0.39, 0.29) is 0 Å². The van der Waals surface area contributed by atoms with E-state index in [0.717, 1.165) is 10.9 Å². The van der Waals surface area contributed by atoms with E-state index in [1.807, 2.05) is 23.6 Å². The van der Waals surface area contributed by atoms with Gasteiger partial charge in [-0.3, -0.25) is 4.98 Å². The predicted molar refractivity (Wildman–Crippen MR) is 246 cm³/mol. The Morgan fingerprint density at radius 3 is 1.40 bits per heavy atom. The fourth-order valence-electron chi connectivity index (χ4n) is 9.46. The van der Waals surface area contributed by atoms with Crippen LogP contribution in [0, 0.1) is 0 Å². The monoisotopic (exact) mass is 739 g/mol. The maximum Gasteiger partial charge on any atom is 0.0708 e. The number of rotatable bonds is 4. The Bertz CT molecular complexity index is 3460. The first-order valence-corrected chi connectivity index (χ1v) is 20.4. The molecular formula is C55H33NS. The molecule has 57 heavy (non-hydrogen) atoms. The fraction of sp³-hybridized carbons (Fsp3) is 0. The highest BCUT2D eigenvalue weighted by molar-refractivity contribution is 7.26. The molecule has 0 bridgehead atoms. The van der Waals surface area contributed by atoms with E-state index < -0.39 is 0 Å². The summed E-state index contributed by atoms with van der Waals surface area (Å²) in [5.74, 6) is 0. The van der Waals surface area contributed by atoms with Crippen LogP contribution in [0.4, 0.5) is 0 Å². The molecule has 0 aliphatic rings. The van der Waals surface area contributed by atoms with E-state index in [1.165, 1.54) is 108 Å². The van der Waals surface area contributed by atoms with E-state index in [2.05, 4.69) is 188 Å². The summed E-state index contributed by atoms with van der Waals surface area (Å²) in [6, 6.07) is 71.5. The van der Waals surface area contributed by atoms with Gasteiger partial charge in [-0.25, -0.2) is 0 Å². The van der Waals surface area contributed by atoms with Crippen LogP contribution in [-0.4, -0.2) is 4.98 Å². The molecule has 0 radical (unpaired) electrons. The summed E-state index contributed by atoms with van der Waals surface area (Å²) in [6.07, 6.45) is 1.88. The van der Waals surface area contributed by atoms with Crippen LogP contribution in [0.5, 0.6) is 0 Å². The Labute approximate surface area is 333 Å². The van der Waals surface area contributed by atoms with Gasteiger partial charge in [-0.05, 0) is 106 Å². The third-order valence-corrected chi connectivity index (χ3v) is 13.1. The molecule has 12 aromatic rings. The lowest BCUT2D eigenvalue weighted by atomic mass is 9.85. The van der Waals surface area contributed by atoms with Crippen LogP contribution in [0.25, 0.3) is 119 Å². The highest BCUT2D eigenvalue weighted by Crippen LogP contribution is 2.49. The van der Waals surface area contributed by atoms with E-state index in [1.54, 1.807) is 0 Å². The summed E-state index contributed by atoms with van der Waals surface area (Å²) in [5, 5.41) is 13.9. The quantitative estimate of drug-likeness (QED) is 0.164. The summed E-state index contributed by atoms with van der Waals surface area (Å²) in [6.45, 7) is 0. The SMILES string of the molecule is c1ccc(-c2c3ccccc3c(-c3ccc4sc5c(-c6c7ccccc7c(-c7ccc8cccnc8c7)c7ccccc67)cccc5c4c3)c3ccccc23)cc1. The van der Waals surface area contributed by atoms with Crippen molar-refractivity contribution in [2.24, 2.45) is 0 Å². The van der Waals surface area contributed by atoms with E-state index >= 15 is 0 Å². The second kappa shape index (κ2) is 12.7. The van der Waals surface area contributed by atoms with Gasteiger partial charge in [0.05, 0.1) is 5.52 Å². The lowest BCUT2D eigenvalue weighted by Crippen LogP contribution is -1.91. The Kier molecular flexibility index (Phi) is 7.17. The van der Waals surface area contributed by atoms with Gasteiger partial charge in [0.15, 0.2) is 0 Å². The zero-order valence-electron chi connectivity index (χ0n) is 30.9. The topological polar surface area (TPSA) is 12.9 Å². The molecule has 0 saturated carbocycles. The number of pyridine rings is 1. The molecule has 2 heterocycles. The third kappa shape index (κ3) is 4.91. The van der Waals surface area contributed by atoms with Crippen molar-refractivity contribution in [3.05, 3.63) is 200 Å². The molecule has 2 heteroatoms. The van der Waals surface area contributed by atoms with Crippen molar-refractivity contribution in [1.29, 1.82) is 0 Å². The molecule has 264 valence electrons. The van der Waals surface area contributed by atoms with E-state index in [9.17, 15) is 0 Å². The average molecular weight is 740 g/mol. The number of fused-ring (bicyclic) bond motifs is 8. The van der Waals surface area contributed by atoms with Crippen LogP contribution in [0.3, 0.4) is 0 Å². The van der Waals surface area contributed by atoms with E-state index in [4.69, 9.17) is 4.98 Å². The average Bonchev–Trinajstić information content (AvgIpc) is 3.66. The summed E-state index contributed by atoms with van der Waals surface area (Å²) in [4.78, 5) is 4.72. The van der Waals surface area contributed by atoms with Gasteiger partial charge in [-0.15, -0.1) is 11.3 Å². The van der Waals surface area contributed by atoms with Crippen molar-refractivity contribution in [1.82, 2.24) is 4.98 Å². The Balaban J connectivity index is 1.10. The fourth-order valence-corrected chi connectivity index (χ4v) is 10.7. The molecule has 0 saturated heterocycles. The maximum absolute atomic E-state index is 4.72. The molecule has 0 N–H and O–H groups in total. The molecule has 0 amide bonds. The van der Waals surface area contributed by atoms with Crippen molar-refractivity contribution < 1.29 is 0 Å². The number of thiophene rings is 1. The lowest BCUT2D eigenvalue weighted by Gasteiger charge is -2.18. The smallest absolute Gasteiger partial charge is 0.0708 e. The van der Waals surface area contributed by atoms with Crippen LogP contribution in [0.1, 0.15) is 0 Å². The van der Waals surface area contributed by atoms with E-state index in [0.29, 0.717) is 0 Å². The largest absolute Gasteiger partial charge is 0.256 e. The molecular weight excluding hydrogens is 707 g/mol. The molecule has 1 nitrogen and oxygen atoms in total. The van der Waals surface area contributed by atoms with Crippen molar-refractivity contribution in [2.45, 2.75) is 0 Å². The molecule has 0 unspecified atom stereocenters. The van der Waals surface area contributed by atoms with Crippen molar-refractivity contribution >= 4 is 85.5 Å². The first-order chi connectivity index (χ1) is 28.3. The Hall–Kier alpha value is -7.13.